The summed E-state index contributed by atoms with van der Waals surface area (Å²) in [6.07, 6.45) is 4.70. The van der Waals surface area contributed by atoms with E-state index in [1.54, 1.807) is 31.6 Å². The molecule has 0 bridgehead atoms. The smallest absolute Gasteiger partial charge is 0.347 e. The van der Waals surface area contributed by atoms with Crippen molar-refractivity contribution in [2.24, 2.45) is 0 Å². The molecule has 0 spiro atoms. The topological polar surface area (TPSA) is 111 Å². The van der Waals surface area contributed by atoms with Crippen LogP contribution in [0.4, 0.5) is 0 Å². The molecule has 4 heterocycles. The van der Waals surface area contributed by atoms with Crippen molar-refractivity contribution in [1.29, 1.82) is 0 Å². The fourth-order valence-corrected chi connectivity index (χ4v) is 2.44. The normalized spacial score (nSPS) is 11.1. The third-order valence-corrected chi connectivity index (χ3v) is 3.77. The first-order valence-electron chi connectivity index (χ1n) is 7.61. The van der Waals surface area contributed by atoms with Crippen LogP contribution in [0.5, 0.6) is 5.88 Å². The Morgan fingerprint density at radius 2 is 2.16 bits per heavy atom. The van der Waals surface area contributed by atoms with Gasteiger partial charge in [0.1, 0.15) is 0 Å². The molecule has 0 unspecified atom stereocenters. The van der Waals surface area contributed by atoms with Crippen LogP contribution in [0, 0.1) is 0 Å². The minimum atomic E-state index is -0.312. The van der Waals surface area contributed by atoms with E-state index < -0.39 is 0 Å². The minimum Gasteiger partial charge on any atom is -0.481 e. The van der Waals surface area contributed by atoms with E-state index in [2.05, 4.69) is 25.3 Å². The molecule has 1 N–H and O–H groups in total. The van der Waals surface area contributed by atoms with E-state index in [0.717, 1.165) is 12.0 Å². The van der Waals surface area contributed by atoms with Crippen molar-refractivity contribution in [2.45, 2.75) is 12.8 Å². The second-order valence-corrected chi connectivity index (χ2v) is 5.40. The lowest BCUT2D eigenvalue weighted by molar-refractivity contribution is 0.378. The molecule has 0 saturated carbocycles. The molecule has 126 valence electrons. The molecule has 0 radical (unpaired) electrons. The number of H-pyrrole nitrogens is 1. The summed E-state index contributed by atoms with van der Waals surface area (Å²) in [6, 6.07) is 7.26. The Kier molecular flexibility index (Phi) is 3.73. The summed E-state index contributed by atoms with van der Waals surface area (Å²) in [4.78, 5) is 20.2. The first-order valence-corrected chi connectivity index (χ1v) is 7.61. The zero-order chi connectivity index (χ0) is 17.2. The van der Waals surface area contributed by atoms with Gasteiger partial charge in [-0.2, -0.15) is 10.1 Å². The highest BCUT2D eigenvalue weighted by molar-refractivity contribution is 5.56. The van der Waals surface area contributed by atoms with Gasteiger partial charge in [0.25, 0.3) is 0 Å². The number of rotatable bonds is 5. The van der Waals surface area contributed by atoms with Crippen LogP contribution in [0.2, 0.25) is 0 Å². The molecule has 0 saturated heterocycles. The number of hydrogen-bond acceptors (Lipinski definition) is 7. The van der Waals surface area contributed by atoms with Gasteiger partial charge in [0, 0.05) is 30.4 Å². The van der Waals surface area contributed by atoms with Crippen molar-refractivity contribution < 1.29 is 9.26 Å². The molecule has 0 aliphatic heterocycles. The van der Waals surface area contributed by atoms with Crippen molar-refractivity contribution in [3.05, 3.63) is 58.6 Å². The predicted octanol–water partition coefficient (Wildman–Crippen LogP) is 1.26. The van der Waals surface area contributed by atoms with E-state index in [1.165, 1.54) is 4.40 Å². The molecule has 0 aliphatic rings. The number of fused-ring (bicyclic) bond motifs is 1. The number of pyridine rings is 2. The Morgan fingerprint density at radius 1 is 1.24 bits per heavy atom. The van der Waals surface area contributed by atoms with Gasteiger partial charge in [-0.25, -0.2) is 19.3 Å². The maximum absolute atomic E-state index is 11.6. The average molecular weight is 338 g/mol. The predicted molar refractivity (Wildman–Crippen MR) is 87.3 cm³/mol. The molecule has 9 nitrogen and oxygen atoms in total. The lowest BCUT2D eigenvalue weighted by atomic mass is 10.1. The summed E-state index contributed by atoms with van der Waals surface area (Å²) in [5.74, 6) is 1.53. The number of hydrogen-bond donors (Lipinski definition) is 1. The van der Waals surface area contributed by atoms with E-state index in [1.807, 2.05) is 12.1 Å². The molecular weight excluding hydrogens is 324 g/mol. The van der Waals surface area contributed by atoms with Gasteiger partial charge in [-0.1, -0.05) is 11.2 Å². The van der Waals surface area contributed by atoms with E-state index in [-0.39, 0.29) is 5.69 Å². The van der Waals surface area contributed by atoms with E-state index >= 15 is 0 Å². The molecule has 9 heteroatoms. The summed E-state index contributed by atoms with van der Waals surface area (Å²) in [5.41, 5.74) is 1.95. The Hall–Kier alpha value is -3.49. The molecule has 0 aliphatic carbocycles. The number of nitrogens with one attached hydrogen (secondary N) is 1. The van der Waals surface area contributed by atoms with Crippen LogP contribution in [-0.4, -0.2) is 36.8 Å². The van der Waals surface area contributed by atoms with Gasteiger partial charge >= 0.3 is 5.69 Å². The molecule has 25 heavy (non-hydrogen) atoms. The highest BCUT2D eigenvalue weighted by Gasteiger charge is 2.11. The van der Waals surface area contributed by atoms with Crippen molar-refractivity contribution in [3.8, 4) is 17.3 Å². The standard InChI is InChI=1S/C16H14N6O3/c1-24-13-6-2-10(8-17-13)3-7-14-18-15(21-25-14)11-4-5-12-19-20-16(23)22(12)9-11/h2,4-6,8-9H,3,7H2,1H3,(H,20,23). The number of aromatic amines is 1. The lowest BCUT2D eigenvalue weighted by Gasteiger charge is -2.00. The molecule has 0 amide bonds. The summed E-state index contributed by atoms with van der Waals surface area (Å²) < 4.78 is 11.7. The highest BCUT2D eigenvalue weighted by Crippen LogP contribution is 2.17. The molecule has 0 fully saturated rings. The number of aromatic nitrogens is 6. The fourth-order valence-electron chi connectivity index (χ4n) is 2.44. The number of nitrogens with zero attached hydrogens (tertiary/aromatic N) is 5. The summed E-state index contributed by atoms with van der Waals surface area (Å²) in [5, 5.41) is 10.2. The van der Waals surface area contributed by atoms with Crippen LogP contribution in [0.3, 0.4) is 0 Å². The third kappa shape index (κ3) is 2.99. The van der Waals surface area contributed by atoms with Gasteiger partial charge in [0.05, 0.1) is 7.11 Å². The molecule has 4 aromatic rings. The van der Waals surface area contributed by atoms with Crippen LogP contribution in [0.15, 0.2) is 46.0 Å². The summed E-state index contributed by atoms with van der Waals surface area (Å²) >= 11 is 0. The van der Waals surface area contributed by atoms with Crippen LogP contribution < -0.4 is 10.4 Å². The molecule has 0 aromatic carbocycles. The van der Waals surface area contributed by atoms with Crippen molar-refractivity contribution in [2.75, 3.05) is 7.11 Å². The number of methoxy groups -OCH3 is 1. The van der Waals surface area contributed by atoms with Crippen LogP contribution in [0.25, 0.3) is 17.0 Å². The zero-order valence-electron chi connectivity index (χ0n) is 13.3. The molecule has 0 atom stereocenters. The first kappa shape index (κ1) is 15.1. The Balaban J connectivity index is 1.50. The van der Waals surface area contributed by atoms with Crippen LogP contribution in [0.1, 0.15) is 11.5 Å². The van der Waals surface area contributed by atoms with Gasteiger partial charge in [0.15, 0.2) is 5.65 Å². The average Bonchev–Trinajstić information content (AvgIpc) is 3.27. The SMILES string of the molecule is COc1ccc(CCc2nc(-c3ccc4n[nH]c(=O)n4c3)no2)cn1. The zero-order valence-corrected chi connectivity index (χ0v) is 13.3. The number of aryl methyl sites for hydroxylation is 2. The van der Waals surface area contributed by atoms with Crippen LogP contribution >= 0.6 is 0 Å². The number of ether oxygens (including phenoxy) is 1. The van der Waals surface area contributed by atoms with E-state index in [9.17, 15) is 4.79 Å². The van der Waals surface area contributed by atoms with E-state index in [0.29, 0.717) is 35.2 Å². The molecule has 4 aromatic heterocycles. The Morgan fingerprint density at radius 3 is 2.96 bits per heavy atom. The highest BCUT2D eigenvalue weighted by atomic mass is 16.5. The molecular formula is C16H14N6O3. The van der Waals surface area contributed by atoms with Gasteiger partial charge < -0.3 is 9.26 Å². The fraction of sp³-hybridized carbons (Fsp3) is 0.188. The monoisotopic (exact) mass is 338 g/mol. The summed E-state index contributed by atoms with van der Waals surface area (Å²) in [7, 11) is 1.58. The maximum Gasteiger partial charge on any atom is 0.347 e. The second-order valence-electron chi connectivity index (χ2n) is 5.40. The molecule has 4 rings (SSSR count). The van der Waals surface area contributed by atoms with E-state index in [4.69, 9.17) is 9.26 Å². The van der Waals surface area contributed by atoms with Gasteiger partial charge in [-0.05, 0) is 24.1 Å². The van der Waals surface area contributed by atoms with Gasteiger partial charge in [-0.15, -0.1) is 0 Å². The van der Waals surface area contributed by atoms with Crippen molar-refractivity contribution >= 4 is 5.65 Å². The quantitative estimate of drug-likeness (QED) is 0.583. The largest absolute Gasteiger partial charge is 0.481 e. The minimum absolute atomic E-state index is 0.312. The maximum atomic E-state index is 11.6. The summed E-state index contributed by atoms with van der Waals surface area (Å²) in [6.45, 7) is 0. The van der Waals surface area contributed by atoms with Gasteiger partial charge in [-0.3, -0.25) is 0 Å². The third-order valence-electron chi connectivity index (χ3n) is 3.77. The van der Waals surface area contributed by atoms with Crippen molar-refractivity contribution in [3.63, 3.8) is 0 Å². The van der Waals surface area contributed by atoms with Crippen molar-refractivity contribution in [1.82, 2.24) is 29.7 Å². The first-order chi connectivity index (χ1) is 12.2. The lowest BCUT2D eigenvalue weighted by Crippen LogP contribution is -2.08. The Bertz CT molecular complexity index is 1060. The Labute approximate surface area is 141 Å². The second kappa shape index (κ2) is 6.19. The van der Waals surface area contributed by atoms with Gasteiger partial charge in [0.2, 0.25) is 17.6 Å². The van der Waals surface area contributed by atoms with Crippen LogP contribution in [-0.2, 0) is 12.8 Å².